The van der Waals surface area contributed by atoms with E-state index in [0.29, 0.717) is 64.6 Å². The van der Waals surface area contributed by atoms with Crippen molar-refractivity contribution in [1.82, 2.24) is 29.3 Å². The lowest BCUT2D eigenvalue weighted by atomic mass is 9.77. The number of methoxy groups -OCH3 is 1. The summed E-state index contributed by atoms with van der Waals surface area (Å²) in [5.41, 5.74) is 6.75. The fourth-order valence-corrected chi connectivity index (χ4v) is 10.3. The predicted octanol–water partition coefficient (Wildman–Crippen LogP) is 9.06. The number of rotatable bonds is 11. The standard InChI is InChI=1S/C49H56ClF3N8O5/c1-28(35-22-36(49(51,52)53)25-37(54)23-35)55-45-39-26-38(43(66-3)27-41(39)56-29(2)57-45)32-6-8-33(9-7-32)46(63)59-17-12-30(13-18-59)4-5-31-14-19-60(20-15-31)47(64)34-10-11-40(50)42(24-34)61-21-16-44(62)58-48(61)65/h10-11,16,21-28,30-33H,4-9,12-15,17-20,54H2,1-3H3,(H,55,56,57)(H,58,62,65)/t28-,32?,33?/m1/s1. The molecule has 0 spiro atoms. The molecule has 2 aliphatic heterocycles. The number of nitrogens with one attached hydrogen (secondary N) is 2. The minimum absolute atomic E-state index is 0.0281. The van der Waals surface area contributed by atoms with Crippen LogP contribution in [0.3, 0.4) is 0 Å². The van der Waals surface area contributed by atoms with Gasteiger partial charge in [0.25, 0.3) is 11.5 Å². The van der Waals surface area contributed by atoms with Crippen LogP contribution in [-0.4, -0.2) is 74.4 Å². The van der Waals surface area contributed by atoms with Crippen LogP contribution >= 0.6 is 11.6 Å². The fraction of sp³-hybridized carbons (Fsp3) is 0.469. The van der Waals surface area contributed by atoms with Crippen LogP contribution in [0.1, 0.15) is 116 Å². The zero-order valence-electron chi connectivity index (χ0n) is 37.4. The normalized spacial score (nSPS) is 19.2. The van der Waals surface area contributed by atoms with Gasteiger partial charge in [-0.2, -0.15) is 13.2 Å². The maximum atomic E-state index is 13.9. The Labute approximate surface area is 385 Å². The molecule has 17 heteroatoms. The number of nitrogens with two attached hydrogens (primary N) is 1. The van der Waals surface area contributed by atoms with Gasteiger partial charge in [-0.1, -0.05) is 24.4 Å². The molecule has 0 bridgehead atoms. The molecule has 3 aromatic carbocycles. The number of benzene rings is 3. The molecular formula is C49H56ClF3N8O5. The quantitative estimate of drug-likeness (QED) is 0.110. The molecule has 5 aromatic rings. The Bertz CT molecular complexity index is 2720. The number of H-pyrrole nitrogens is 1. The molecule has 4 N–H and O–H groups in total. The molecule has 4 heterocycles. The van der Waals surface area contributed by atoms with E-state index in [1.807, 2.05) is 17.0 Å². The van der Waals surface area contributed by atoms with Crippen molar-refractivity contribution in [3.8, 4) is 11.4 Å². The fourth-order valence-electron chi connectivity index (χ4n) is 10.1. The summed E-state index contributed by atoms with van der Waals surface area (Å²) in [5, 5.41) is 4.35. The number of aromatic amines is 1. The molecule has 350 valence electrons. The number of hydrogen-bond acceptors (Lipinski definition) is 9. The highest BCUT2D eigenvalue weighted by molar-refractivity contribution is 6.32. The molecule has 13 nitrogen and oxygen atoms in total. The number of anilines is 2. The van der Waals surface area contributed by atoms with Gasteiger partial charge in [-0.05, 0) is 137 Å². The van der Waals surface area contributed by atoms with E-state index in [1.54, 1.807) is 39.2 Å². The van der Waals surface area contributed by atoms with Crippen molar-refractivity contribution in [3.63, 3.8) is 0 Å². The maximum absolute atomic E-state index is 13.9. The van der Waals surface area contributed by atoms with Crippen LogP contribution in [0.2, 0.25) is 5.02 Å². The van der Waals surface area contributed by atoms with Crippen molar-refractivity contribution in [3.05, 3.63) is 115 Å². The van der Waals surface area contributed by atoms with Crippen LogP contribution < -0.4 is 27.0 Å². The van der Waals surface area contributed by atoms with Crippen LogP contribution in [0.4, 0.5) is 24.7 Å². The van der Waals surface area contributed by atoms with Gasteiger partial charge in [-0.15, -0.1) is 0 Å². The third-order valence-corrected chi connectivity index (χ3v) is 14.2. The van der Waals surface area contributed by atoms with Crippen molar-refractivity contribution in [2.45, 2.75) is 96.2 Å². The number of amides is 2. The molecule has 2 amide bonds. The van der Waals surface area contributed by atoms with Crippen LogP contribution in [0.25, 0.3) is 16.6 Å². The van der Waals surface area contributed by atoms with Crippen molar-refractivity contribution < 1.29 is 27.5 Å². The number of likely N-dealkylation sites (tertiary alicyclic amines) is 2. The molecule has 0 unspecified atom stereocenters. The van der Waals surface area contributed by atoms with Gasteiger partial charge in [0.15, 0.2) is 0 Å². The number of carbonyl (C=O) groups is 2. The second-order valence-corrected chi connectivity index (χ2v) is 18.7. The summed E-state index contributed by atoms with van der Waals surface area (Å²) in [6, 6.07) is 13.0. The number of ether oxygens (including phenoxy) is 1. The molecule has 2 saturated heterocycles. The number of aromatic nitrogens is 4. The van der Waals surface area contributed by atoms with Crippen molar-refractivity contribution >= 4 is 45.8 Å². The minimum Gasteiger partial charge on any atom is -0.496 e. The first-order chi connectivity index (χ1) is 31.5. The van der Waals surface area contributed by atoms with E-state index in [2.05, 4.69) is 25.2 Å². The van der Waals surface area contributed by atoms with Gasteiger partial charge >= 0.3 is 11.9 Å². The van der Waals surface area contributed by atoms with E-state index in [9.17, 15) is 32.3 Å². The molecule has 2 aromatic heterocycles. The van der Waals surface area contributed by atoms with E-state index in [1.165, 1.54) is 22.9 Å². The van der Waals surface area contributed by atoms with Gasteiger partial charge < -0.3 is 25.6 Å². The summed E-state index contributed by atoms with van der Waals surface area (Å²) in [7, 11) is 1.63. The minimum atomic E-state index is -4.53. The summed E-state index contributed by atoms with van der Waals surface area (Å²) in [5.74, 6) is 3.04. The first-order valence-electron chi connectivity index (χ1n) is 22.8. The highest BCUT2D eigenvalue weighted by Crippen LogP contribution is 2.43. The van der Waals surface area contributed by atoms with Gasteiger partial charge in [0, 0.05) is 67.1 Å². The van der Waals surface area contributed by atoms with E-state index in [0.717, 1.165) is 100 Å². The second-order valence-electron chi connectivity index (χ2n) is 18.3. The zero-order valence-corrected chi connectivity index (χ0v) is 38.2. The molecule has 3 aliphatic rings. The number of aryl methyl sites for hydroxylation is 1. The SMILES string of the molecule is COc1cc2nc(C)nc(N[C@H](C)c3cc(N)cc(C(F)(F)F)c3)c2cc1C1CCC(C(=O)N2CCC(CCC3CCN(C(=O)c4ccc(Cl)c(-n5ccc(=O)[nH]c5=O)c4)CC3)CC2)CC1. The van der Waals surface area contributed by atoms with Gasteiger partial charge in [0.1, 0.15) is 17.4 Å². The van der Waals surface area contributed by atoms with Gasteiger partial charge in [-0.3, -0.25) is 23.9 Å². The summed E-state index contributed by atoms with van der Waals surface area (Å²) in [6.45, 7) is 6.37. The molecule has 8 rings (SSSR count). The summed E-state index contributed by atoms with van der Waals surface area (Å²) in [6.07, 6.45) is 5.98. The Morgan fingerprint density at radius 2 is 1.56 bits per heavy atom. The van der Waals surface area contributed by atoms with Crippen LogP contribution in [0.5, 0.6) is 5.75 Å². The average molecular weight is 929 g/mol. The van der Waals surface area contributed by atoms with Crippen LogP contribution in [0.15, 0.2) is 70.4 Å². The van der Waals surface area contributed by atoms with Crippen molar-refractivity contribution in [1.29, 1.82) is 0 Å². The number of nitrogens with zero attached hydrogens (tertiary/aromatic N) is 5. The highest BCUT2D eigenvalue weighted by atomic mass is 35.5. The monoisotopic (exact) mass is 928 g/mol. The average Bonchev–Trinajstić information content (AvgIpc) is 3.30. The summed E-state index contributed by atoms with van der Waals surface area (Å²) in [4.78, 5) is 66.7. The summed E-state index contributed by atoms with van der Waals surface area (Å²) < 4.78 is 47.9. The number of piperidine rings is 2. The molecule has 1 saturated carbocycles. The molecular weight excluding hydrogens is 873 g/mol. The van der Waals surface area contributed by atoms with E-state index >= 15 is 0 Å². The Kier molecular flexibility index (Phi) is 13.8. The predicted molar refractivity (Wildman–Crippen MR) is 248 cm³/mol. The number of hydrogen-bond donors (Lipinski definition) is 3. The Morgan fingerprint density at radius 3 is 2.20 bits per heavy atom. The van der Waals surface area contributed by atoms with Gasteiger partial charge in [-0.25, -0.2) is 14.8 Å². The first kappa shape index (κ1) is 46.6. The molecule has 1 atom stereocenters. The number of fused-ring (bicyclic) bond motifs is 1. The largest absolute Gasteiger partial charge is 0.496 e. The molecule has 66 heavy (non-hydrogen) atoms. The van der Waals surface area contributed by atoms with Gasteiger partial charge in [0.2, 0.25) is 5.91 Å². The highest BCUT2D eigenvalue weighted by Gasteiger charge is 2.35. The third-order valence-electron chi connectivity index (χ3n) is 13.9. The number of carbonyl (C=O) groups excluding carboxylic acids is 2. The third kappa shape index (κ3) is 10.4. The van der Waals surface area contributed by atoms with Crippen LogP contribution in [0, 0.1) is 24.7 Å². The Balaban J connectivity index is 0.812. The van der Waals surface area contributed by atoms with Crippen molar-refractivity contribution in [2.24, 2.45) is 17.8 Å². The molecule has 1 aliphatic carbocycles. The second kappa shape index (κ2) is 19.5. The molecule has 3 fully saturated rings. The lowest BCUT2D eigenvalue weighted by molar-refractivity contribution is -0.138. The maximum Gasteiger partial charge on any atom is 0.416 e. The van der Waals surface area contributed by atoms with Gasteiger partial charge in [0.05, 0.1) is 34.9 Å². The first-order valence-corrected chi connectivity index (χ1v) is 23.2. The summed E-state index contributed by atoms with van der Waals surface area (Å²) >= 11 is 6.37. The van der Waals surface area contributed by atoms with Crippen molar-refractivity contribution in [2.75, 3.05) is 44.3 Å². The van der Waals surface area contributed by atoms with E-state index < -0.39 is 29.0 Å². The Hall–Kier alpha value is -5.90. The lowest BCUT2D eigenvalue weighted by Gasteiger charge is -2.37. The zero-order chi connectivity index (χ0) is 46.9. The topological polar surface area (TPSA) is 169 Å². The Morgan fingerprint density at radius 1 is 0.894 bits per heavy atom. The van der Waals surface area contributed by atoms with Crippen LogP contribution in [-0.2, 0) is 11.0 Å². The smallest absolute Gasteiger partial charge is 0.416 e. The number of alkyl halides is 3. The number of nitrogen functional groups attached to an aromatic ring is 1. The molecule has 0 radical (unpaired) electrons. The van der Waals surface area contributed by atoms with E-state index in [4.69, 9.17) is 22.1 Å². The lowest BCUT2D eigenvalue weighted by Crippen LogP contribution is -2.42. The number of halogens is 4. The van der Waals surface area contributed by atoms with E-state index in [-0.39, 0.29) is 34.4 Å².